The lowest BCUT2D eigenvalue weighted by Crippen LogP contribution is -2.01. The zero-order valence-corrected chi connectivity index (χ0v) is 34.0. The molecule has 2 heteroatoms. The average Bonchev–Trinajstić information content (AvgIpc) is 3.88. The Labute approximate surface area is 360 Å². The van der Waals surface area contributed by atoms with Crippen LogP contribution in [0.3, 0.4) is 0 Å². The van der Waals surface area contributed by atoms with Gasteiger partial charge in [0.05, 0.1) is 33.4 Å². The van der Waals surface area contributed by atoms with Gasteiger partial charge >= 0.3 is 0 Å². The highest BCUT2D eigenvalue weighted by atomic mass is 15.0. The molecule has 0 amide bonds. The molecule has 12 rings (SSSR count). The third-order valence-electron chi connectivity index (χ3n) is 12.6. The van der Waals surface area contributed by atoms with E-state index in [9.17, 15) is 0 Å². The van der Waals surface area contributed by atoms with Gasteiger partial charge in [0.1, 0.15) is 0 Å². The SMILES string of the molecule is c1ccc(-c2cccc3c2c2c(-c4ccccc4)cccc2n3-c2ccccc2-c2ccccc2-n2c3cccc(-c4ccccc4)c3c3c(-c4ccccc4)cccc32)cc1. The van der Waals surface area contributed by atoms with Crippen molar-refractivity contribution in [2.45, 2.75) is 0 Å². The molecular formula is C60H40N2. The monoisotopic (exact) mass is 788 g/mol. The normalized spacial score (nSPS) is 11.5. The fraction of sp³-hybridized carbons (Fsp3) is 0. The van der Waals surface area contributed by atoms with Crippen molar-refractivity contribution < 1.29 is 0 Å². The largest absolute Gasteiger partial charge is 0.309 e. The number of fused-ring (bicyclic) bond motifs is 6. The van der Waals surface area contributed by atoms with Gasteiger partial charge in [-0.2, -0.15) is 0 Å². The summed E-state index contributed by atoms with van der Waals surface area (Å²) in [7, 11) is 0. The van der Waals surface area contributed by atoms with Gasteiger partial charge in [0.2, 0.25) is 0 Å². The first-order valence-corrected chi connectivity index (χ1v) is 21.4. The summed E-state index contributed by atoms with van der Waals surface area (Å²) >= 11 is 0. The topological polar surface area (TPSA) is 9.86 Å². The Hall–Kier alpha value is -8.20. The summed E-state index contributed by atoms with van der Waals surface area (Å²) in [5.74, 6) is 0. The Balaban J connectivity index is 1.17. The maximum absolute atomic E-state index is 2.50. The highest BCUT2D eigenvalue weighted by Crippen LogP contribution is 2.47. The molecule has 0 aliphatic heterocycles. The minimum absolute atomic E-state index is 1.13. The Bertz CT molecular complexity index is 3160. The first-order valence-electron chi connectivity index (χ1n) is 21.4. The van der Waals surface area contributed by atoms with Crippen LogP contribution in [0.2, 0.25) is 0 Å². The van der Waals surface area contributed by atoms with Crippen LogP contribution in [0.25, 0.3) is 111 Å². The Morgan fingerprint density at radius 2 is 0.403 bits per heavy atom. The second-order valence-electron chi connectivity index (χ2n) is 16.0. The molecule has 0 atom stereocenters. The molecule has 2 aromatic heterocycles. The van der Waals surface area contributed by atoms with E-state index in [0.717, 1.165) is 22.5 Å². The zero-order valence-electron chi connectivity index (χ0n) is 34.0. The van der Waals surface area contributed by atoms with Gasteiger partial charge in [-0.3, -0.25) is 0 Å². The van der Waals surface area contributed by atoms with Crippen LogP contribution in [0.1, 0.15) is 0 Å². The van der Waals surface area contributed by atoms with Crippen molar-refractivity contribution in [3.63, 3.8) is 0 Å². The molecule has 12 aromatic rings. The van der Waals surface area contributed by atoms with Crippen molar-refractivity contribution in [2.24, 2.45) is 0 Å². The van der Waals surface area contributed by atoms with Crippen LogP contribution < -0.4 is 0 Å². The van der Waals surface area contributed by atoms with E-state index in [1.165, 1.54) is 88.1 Å². The van der Waals surface area contributed by atoms with Gasteiger partial charge in [-0.15, -0.1) is 0 Å². The van der Waals surface area contributed by atoms with Gasteiger partial charge in [-0.25, -0.2) is 0 Å². The maximum Gasteiger partial charge on any atom is 0.0547 e. The highest BCUT2D eigenvalue weighted by Gasteiger charge is 2.24. The van der Waals surface area contributed by atoms with Crippen LogP contribution in [0.15, 0.2) is 243 Å². The third kappa shape index (κ3) is 5.65. The Morgan fingerprint density at radius 1 is 0.177 bits per heavy atom. The predicted octanol–water partition coefficient (Wildman–Crippen LogP) is 16.2. The van der Waals surface area contributed by atoms with Gasteiger partial charge in [0.25, 0.3) is 0 Å². The lowest BCUT2D eigenvalue weighted by Gasteiger charge is -2.18. The minimum Gasteiger partial charge on any atom is -0.309 e. The highest BCUT2D eigenvalue weighted by molar-refractivity contribution is 6.22. The van der Waals surface area contributed by atoms with Gasteiger partial charge in [0, 0.05) is 32.7 Å². The number of aromatic nitrogens is 2. The fourth-order valence-corrected chi connectivity index (χ4v) is 9.96. The average molecular weight is 789 g/mol. The van der Waals surface area contributed by atoms with Crippen molar-refractivity contribution >= 4 is 43.6 Å². The molecule has 2 heterocycles. The van der Waals surface area contributed by atoms with Crippen molar-refractivity contribution in [1.29, 1.82) is 0 Å². The van der Waals surface area contributed by atoms with E-state index in [4.69, 9.17) is 0 Å². The number of hydrogen-bond acceptors (Lipinski definition) is 0. The van der Waals surface area contributed by atoms with E-state index >= 15 is 0 Å². The number of nitrogens with zero attached hydrogens (tertiary/aromatic N) is 2. The fourth-order valence-electron chi connectivity index (χ4n) is 9.96. The molecule has 0 spiro atoms. The van der Waals surface area contributed by atoms with E-state index < -0.39 is 0 Å². The summed E-state index contributed by atoms with van der Waals surface area (Å²) in [5.41, 5.74) is 19.0. The Kier molecular flexibility index (Phi) is 8.53. The molecule has 0 unspecified atom stereocenters. The van der Waals surface area contributed by atoms with Gasteiger partial charge in [-0.1, -0.05) is 206 Å². The van der Waals surface area contributed by atoms with Crippen LogP contribution >= 0.6 is 0 Å². The number of hydrogen-bond donors (Lipinski definition) is 0. The number of rotatable bonds is 7. The van der Waals surface area contributed by atoms with Crippen molar-refractivity contribution in [2.75, 3.05) is 0 Å². The molecule has 0 saturated heterocycles. The molecule has 62 heavy (non-hydrogen) atoms. The molecule has 0 aliphatic rings. The van der Waals surface area contributed by atoms with Crippen molar-refractivity contribution in [3.8, 4) is 67.0 Å². The summed E-state index contributed by atoms with van der Waals surface area (Å²) in [6, 6.07) is 88.3. The molecular weight excluding hydrogens is 749 g/mol. The molecule has 0 fully saturated rings. The number of benzene rings is 10. The summed E-state index contributed by atoms with van der Waals surface area (Å²) in [5, 5.41) is 5.00. The van der Waals surface area contributed by atoms with Crippen LogP contribution in [-0.4, -0.2) is 9.13 Å². The second-order valence-corrected chi connectivity index (χ2v) is 16.0. The lowest BCUT2D eigenvalue weighted by molar-refractivity contribution is 1.16. The van der Waals surface area contributed by atoms with E-state index in [-0.39, 0.29) is 0 Å². The summed E-state index contributed by atoms with van der Waals surface area (Å²) < 4.78 is 5.01. The first kappa shape index (κ1) is 35.7. The predicted molar refractivity (Wildman–Crippen MR) is 262 cm³/mol. The summed E-state index contributed by atoms with van der Waals surface area (Å²) in [6.07, 6.45) is 0. The molecule has 290 valence electrons. The lowest BCUT2D eigenvalue weighted by atomic mass is 9.95. The summed E-state index contributed by atoms with van der Waals surface area (Å²) in [6.45, 7) is 0. The molecule has 0 radical (unpaired) electrons. The van der Waals surface area contributed by atoms with E-state index in [2.05, 4.69) is 252 Å². The van der Waals surface area contributed by atoms with Gasteiger partial charge in [0.15, 0.2) is 0 Å². The molecule has 2 nitrogen and oxygen atoms in total. The van der Waals surface area contributed by atoms with Crippen LogP contribution in [0.4, 0.5) is 0 Å². The van der Waals surface area contributed by atoms with Gasteiger partial charge in [-0.05, 0) is 80.9 Å². The van der Waals surface area contributed by atoms with Crippen LogP contribution in [0, 0.1) is 0 Å². The molecule has 0 aliphatic carbocycles. The van der Waals surface area contributed by atoms with E-state index in [1.807, 2.05) is 0 Å². The standard InChI is InChI=1S/C60H40N2/c1-5-21-41(22-6-1)45-31-17-37-53-57(45)58-46(42-23-7-2-8-24-42)32-18-38-54(58)61(53)51-35-15-13-29-49(51)50-30-14-16-36-52(50)62-55-39-19-33-47(43-25-9-3-10-26-43)59(55)60-48(34-20-40-56(60)62)44-27-11-4-12-28-44/h1-40H. The summed E-state index contributed by atoms with van der Waals surface area (Å²) in [4.78, 5) is 0. The second kappa shape index (κ2) is 14.8. The molecule has 0 N–H and O–H groups in total. The van der Waals surface area contributed by atoms with Crippen molar-refractivity contribution in [3.05, 3.63) is 243 Å². The molecule has 10 aromatic carbocycles. The van der Waals surface area contributed by atoms with Crippen molar-refractivity contribution in [1.82, 2.24) is 9.13 Å². The third-order valence-corrected chi connectivity index (χ3v) is 12.6. The zero-order chi connectivity index (χ0) is 41.0. The molecule has 0 bridgehead atoms. The van der Waals surface area contributed by atoms with Gasteiger partial charge < -0.3 is 9.13 Å². The quantitative estimate of drug-likeness (QED) is 0.152. The maximum atomic E-state index is 2.50. The molecule has 0 saturated carbocycles. The minimum atomic E-state index is 1.13. The smallest absolute Gasteiger partial charge is 0.0547 e. The Morgan fingerprint density at radius 3 is 0.677 bits per heavy atom. The van der Waals surface area contributed by atoms with Crippen LogP contribution in [-0.2, 0) is 0 Å². The van der Waals surface area contributed by atoms with E-state index in [1.54, 1.807) is 0 Å². The van der Waals surface area contributed by atoms with E-state index in [0.29, 0.717) is 0 Å². The van der Waals surface area contributed by atoms with Crippen LogP contribution in [0.5, 0.6) is 0 Å². The number of para-hydroxylation sites is 2. The first-order chi connectivity index (χ1) is 30.8.